The molecule has 2 amide bonds. The van der Waals surface area contributed by atoms with Gasteiger partial charge in [-0.2, -0.15) is 5.10 Å². The first-order chi connectivity index (χ1) is 17.0. The van der Waals surface area contributed by atoms with E-state index in [9.17, 15) is 9.59 Å². The van der Waals surface area contributed by atoms with E-state index in [1.54, 1.807) is 43.3 Å². The average molecular weight is 469 g/mol. The molecule has 0 saturated carbocycles. The van der Waals surface area contributed by atoms with E-state index < -0.39 is 0 Å². The van der Waals surface area contributed by atoms with E-state index in [0.29, 0.717) is 29.7 Å². The van der Waals surface area contributed by atoms with Gasteiger partial charge < -0.3 is 9.80 Å². The lowest BCUT2D eigenvalue weighted by Crippen LogP contribution is -2.39. The van der Waals surface area contributed by atoms with Crippen LogP contribution in [0, 0.1) is 0 Å². The van der Waals surface area contributed by atoms with Crippen LogP contribution in [0.4, 0.5) is 0 Å². The Hall–Kier alpha value is -4.07. The number of likely N-dealkylation sites (tertiary alicyclic amines) is 1. The molecule has 0 bridgehead atoms. The second-order valence-corrected chi connectivity index (χ2v) is 9.07. The molecule has 1 fully saturated rings. The molecule has 1 saturated heterocycles. The molecule has 0 N–H and O–H groups in total. The maximum atomic E-state index is 13.7. The molecular formula is C27H28N6O2. The molecular weight excluding hydrogens is 440 g/mol. The van der Waals surface area contributed by atoms with Crippen molar-refractivity contribution in [3.63, 3.8) is 0 Å². The molecule has 5 rings (SSSR count). The first-order valence-corrected chi connectivity index (χ1v) is 11.9. The minimum atomic E-state index is -0.158. The summed E-state index contributed by atoms with van der Waals surface area (Å²) in [4.78, 5) is 38.7. The van der Waals surface area contributed by atoms with Gasteiger partial charge in [-0.05, 0) is 43.0 Å². The minimum Gasteiger partial charge on any atom is -0.345 e. The predicted octanol–water partition coefficient (Wildman–Crippen LogP) is 3.78. The smallest absolute Gasteiger partial charge is 0.258 e. The number of carbonyl (C=O) groups is 2. The van der Waals surface area contributed by atoms with Gasteiger partial charge in [-0.25, -0.2) is 9.50 Å². The van der Waals surface area contributed by atoms with E-state index in [1.807, 2.05) is 35.2 Å². The summed E-state index contributed by atoms with van der Waals surface area (Å²) in [5.41, 5.74) is 4.46. The van der Waals surface area contributed by atoms with Gasteiger partial charge in [0.2, 0.25) is 0 Å². The quantitative estimate of drug-likeness (QED) is 0.445. The van der Waals surface area contributed by atoms with Crippen molar-refractivity contribution in [3.05, 3.63) is 95.2 Å². The van der Waals surface area contributed by atoms with Crippen molar-refractivity contribution in [2.45, 2.75) is 31.7 Å². The van der Waals surface area contributed by atoms with Crippen LogP contribution in [-0.2, 0) is 6.42 Å². The summed E-state index contributed by atoms with van der Waals surface area (Å²) in [5, 5.41) is 4.48. The molecule has 178 valence electrons. The van der Waals surface area contributed by atoms with Gasteiger partial charge in [0.15, 0.2) is 5.65 Å². The molecule has 0 radical (unpaired) electrons. The number of fused-ring (bicyclic) bond motifs is 1. The summed E-state index contributed by atoms with van der Waals surface area (Å²) < 4.78 is 1.71. The van der Waals surface area contributed by atoms with Crippen LogP contribution >= 0.6 is 0 Å². The number of piperidine rings is 1. The van der Waals surface area contributed by atoms with Gasteiger partial charge in [0.05, 0.1) is 17.9 Å². The molecule has 0 spiro atoms. The van der Waals surface area contributed by atoms with Gasteiger partial charge in [-0.1, -0.05) is 30.3 Å². The third-order valence-corrected chi connectivity index (χ3v) is 6.46. The first kappa shape index (κ1) is 22.7. The van der Waals surface area contributed by atoms with Crippen LogP contribution in [-0.4, -0.2) is 61.8 Å². The van der Waals surface area contributed by atoms with Crippen LogP contribution < -0.4 is 0 Å². The third-order valence-electron chi connectivity index (χ3n) is 6.46. The second kappa shape index (κ2) is 9.66. The number of carbonyl (C=O) groups excluding carboxylic acids is 2. The van der Waals surface area contributed by atoms with Gasteiger partial charge in [-0.3, -0.25) is 14.6 Å². The SMILES string of the molecule is CN(C)C(=O)c1cnn2c(C3CCCCN3C(=O)c3ccnc(Cc4ccccc4)c3)ccnc12. The number of aromatic nitrogens is 4. The van der Waals surface area contributed by atoms with E-state index in [0.717, 1.165) is 36.2 Å². The lowest BCUT2D eigenvalue weighted by Gasteiger charge is -2.36. The van der Waals surface area contributed by atoms with E-state index in [1.165, 1.54) is 4.90 Å². The molecule has 35 heavy (non-hydrogen) atoms. The summed E-state index contributed by atoms with van der Waals surface area (Å²) in [6.45, 7) is 0.661. The van der Waals surface area contributed by atoms with Crippen molar-refractivity contribution in [2.75, 3.05) is 20.6 Å². The van der Waals surface area contributed by atoms with E-state index in [-0.39, 0.29) is 17.9 Å². The van der Waals surface area contributed by atoms with Gasteiger partial charge >= 0.3 is 0 Å². The van der Waals surface area contributed by atoms with Gasteiger partial charge in [0.1, 0.15) is 5.56 Å². The van der Waals surface area contributed by atoms with Crippen molar-refractivity contribution in [2.24, 2.45) is 0 Å². The van der Waals surface area contributed by atoms with Crippen LogP contribution in [0.2, 0.25) is 0 Å². The highest BCUT2D eigenvalue weighted by Gasteiger charge is 2.31. The molecule has 4 aromatic rings. The zero-order valence-corrected chi connectivity index (χ0v) is 20.0. The predicted molar refractivity (Wildman–Crippen MR) is 132 cm³/mol. The number of amides is 2. The number of benzene rings is 1. The molecule has 1 aliphatic rings. The Labute approximate surface area is 204 Å². The zero-order chi connectivity index (χ0) is 24.4. The summed E-state index contributed by atoms with van der Waals surface area (Å²) >= 11 is 0. The van der Waals surface area contributed by atoms with E-state index >= 15 is 0 Å². The molecule has 3 aromatic heterocycles. The summed E-state index contributed by atoms with van der Waals surface area (Å²) in [6.07, 6.45) is 8.42. The molecule has 1 aromatic carbocycles. The summed E-state index contributed by atoms with van der Waals surface area (Å²) in [6, 6.07) is 15.5. The van der Waals surface area contributed by atoms with Gasteiger partial charge in [-0.15, -0.1) is 0 Å². The number of hydrogen-bond donors (Lipinski definition) is 0. The number of rotatable bonds is 5. The Bertz CT molecular complexity index is 1360. The highest BCUT2D eigenvalue weighted by Crippen LogP contribution is 2.32. The van der Waals surface area contributed by atoms with Gasteiger partial charge in [0, 0.05) is 50.7 Å². The van der Waals surface area contributed by atoms with Gasteiger partial charge in [0.25, 0.3) is 11.8 Å². The molecule has 1 unspecified atom stereocenters. The number of pyridine rings is 1. The molecule has 8 heteroatoms. The third kappa shape index (κ3) is 4.51. The van der Waals surface area contributed by atoms with E-state index in [4.69, 9.17) is 0 Å². The van der Waals surface area contributed by atoms with Crippen LogP contribution in [0.15, 0.2) is 67.1 Å². The maximum absolute atomic E-state index is 13.7. The normalized spacial score (nSPS) is 15.8. The molecule has 1 atom stereocenters. The Morgan fingerprint density at radius 2 is 1.83 bits per heavy atom. The Morgan fingerprint density at radius 3 is 2.63 bits per heavy atom. The van der Waals surface area contributed by atoms with Crippen molar-refractivity contribution < 1.29 is 9.59 Å². The lowest BCUT2D eigenvalue weighted by molar-refractivity contribution is 0.0602. The topological polar surface area (TPSA) is 83.7 Å². The first-order valence-electron chi connectivity index (χ1n) is 11.9. The highest BCUT2D eigenvalue weighted by molar-refractivity contribution is 5.99. The number of nitrogens with zero attached hydrogens (tertiary/aromatic N) is 6. The standard InChI is InChI=1S/C27H28N6O2/c1-31(2)27(35)22-18-30-33-24(12-14-29-25(22)33)23-10-6-7-15-32(23)26(34)20-11-13-28-21(17-20)16-19-8-4-3-5-9-19/h3-5,8-9,11-14,17-18,23H,6-7,10,15-16H2,1-2H3. The Morgan fingerprint density at radius 1 is 1.03 bits per heavy atom. The monoisotopic (exact) mass is 468 g/mol. The van der Waals surface area contributed by atoms with Crippen molar-refractivity contribution in [1.82, 2.24) is 29.4 Å². The highest BCUT2D eigenvalue weighted by atomic mass is 16.2. The fourth-order valence-corrected chi connectivity index (χ4v) is 4.71. The van der Waals surface area contributed by atoms with Crippen molar-refractivity contribution in [3.8, 4) is 0 Å². The zero-order valence-electron chi connectivity index (χ0n) is 20.0. The Kier molecular flexibility index (Phi) is 6.27. The molecule has 4 heterocycles. The number of hydrogen-bond acceptors (Lipinski definition) is 5. The molecule has 8 nitrogen and oxygen atoms in total. The fourth-order valence-electron chi connectivity index (χ4n) is 4.71. The van der Waals surface area contributed by atoms with Crippen LogP contribution in [0.5, 0.6) is 0 Å². The average Bonchev–Trinajstić information content (AvgIpc) is 3.33. The summed E-state index contributed by atoms with van der Waals surface area (Å²) in [5.74, 6) is -0.169. The fraction of sp³-hybridized carbons (Fsp3) is 0.296. The van der Waals surface area contributed by atoms with Crippen molar-refractivity contribution >= 4 is 17.5 Å². The minimum absolute atomic E-state index is 0.0203. The molecule has 0 aliphatic carbocycles. The van der Waals surface area contributed by atoms with Crippen LogP contribution in [0.3, 0.4) is 0 Å². The van der Waals surface area contributed by atoms with E-state index in [2.05, 4.69) is 27.2 Å². The lowest BCUT2D eigenvalue weighted by atomic mass is 9.97. The van der Waals surface area contributed by atoms with Crippen LogP contribution in [0.1, 0.15) is 63.0 Å². The van der Waals surface area contributed by atoms with Crippen LogP contribution in [0.25, 0.3) is 5.65 Å². The van der Waals surface area contributed by atoms with Crippen molar-refractivity contribution in [1.29, 1.82) is 0 Å². The molecule has 1 aliphatic heterocycles. The largest absolute Gasteiger partial charge is 0.345 e. The second-order valence-electron chi connectivity index (χ2n) is 9.07. The maximum Gasteiger partial charge on any atom is 0.258 e. The summed E-state index contributed by atoms with van der Waals surface area (Å²) in [7, 11) is 3.41. The Balaban J connectivity index is 1.46.